The maximum Gasteiger partial charge on any atom is 0.218 e. The molecule has 0 unspecified atom stereocenters. The lowest BCUT2D eigenvalue weighted by atomic mass is 10.4. The maximum atomic E-state index is 5.57. The zero-order valence-corrected chi connectivity index (χ0v) is 8.16. The summed E-state index contributed by atoms with van der Waals surface area (Å²) in [6, 6.07) is 1.59. The van der Waals surface area contributed by atoms with Crippen LogP contribution in [-0.4, -0.2) is 16.6 Å². The average Bonchev–Trinajstić information content (AvgIpc) is 2.17. The predicted octanol–water partition coefficient (Wildman–Crippen LogP) is 1.02. The van der Waals surface area contributed by atoms with Crippen LogP contribution in [0.25, 0.3) is 0 Å². The molecule has 4 heteroatoms. The Kier molecular flexibility index (Phi) is 3.74. The van der Waals surface area contributed by atoms with Crippen molar-refractivity contribution in [2.24, 2.45) is 0 Å². The summed E-state index contributed by atoms with van der Waals surface area (Å²) in [6.45, 7) is 2.41. The van der Waals surface area contributed by atoms with Crippen LogP contribution in [0.5, 0.6) is 5.88 Å². The van der Waals surface area contributed by atoms with E-state index in [4.69, 9.17) is 16.9 Å². The van der Waals surface area contributed by atoms with Crippen LogP contribution < -0.4 is 10.5 Å². The SMILES string of the molecule is C#CCCOc1cc(N)nc(CC)n1. The molecule has 4 nitrogen and oxygen atoms in total. The molecule has 0 amide bonds. The monoisotopic (exact) mass is 191 g/mol. The first-order chi connectivity index (χ1) is 6.76. The van der Waals surface area contributed by atoms with Gasteiger partial charge in [-0.15, -0.1) is 12.3 Å². The number of aryl methyl sites for hydroxylation is 1. The second kappa shape index (κ2) is 5.07. The Morgan fingerprint density at radius 3 is 3.00 bits per heavy atom. The largest absolute Gasteiger partial charge is 0.477 e. The molecule has 0 aromatic carbocycles. The zero-order chi connectivity index (χ0) is 10.4. The van der Waals surface area contributed by atoms with Gasteiger partial charge < -0.3 is 10.5 Å². The normalized spacial score (nSPS) is 9.43. The summed E-state index contributed by atoms with van der Waals surface area (Å²) >= 11 is 0. The molecular weight excluding hydrogens is 178 g/mol. The van der Waals surface area contributed by atoms with Gasteiger partial charge in [-0.25, -0.2) is 4.98 Å². The molecule has 0 saturated carbocycles. The number of aromatic nitrogens is 2. The highest BCUT2D eigenvalue weighted by atomic mass is 16.5. The Labute approximate surface area is 83.5 Å². The summed E-state index contributed by atoms with van der Waals surface area (Å²) in [5, 5.41) is 0. The topological polar surface area (TPSA) is 61.0 Å². The van der Waals surface area contributed by atoms with Crippen LogP contribution in [0, 0.1) is 12.3 Å². The lowest BCUT2D eigenvalue weighted by Gasteiger charge is -2.05. The van der Waals surface area contributed by atoms with Gasteiger partial charge >= 0.3 is 0 Å². The minimum atomic E-state index is 0.424. The van der Waals surface area contributed by atoms with E-state index in [1.807, 2.05) is 6.92 Å². The molecule has 2 N–H and O–H groups in total. The van der Waals surface area contributed by atoms with Crippen LogP contribution in [0.1, 0.15) is 19.2 Å². The van der Waals surface area contributed by atoms with Crippen LogP contribution in [0.15, 0.2) is 6.07 Å². The lowest BCUT2D eigenvalue weighted by molar-refractivity contribution is 0.313. The zero-order valence-electron chi connectivity index (χ0n) is 8.16. The van der Waals surface area contributed by atoms with Gasteiger partial charge in [-0.05, 0) is 0 Å². The first-order valence-corrected chi connectivity index (χ1v) is 4.46. The fraction of sp³-hybridized carbons (Fsp3) is 0.400. The summed E-state index contributed by atoms with van der Waals surface area (Å²) < 4.78 is 5.30. The number of terminal acetylenes is 1. The molecule has 0 atom stereocenters. The Bertz CT molecular complexity index is 344. The van der Waals surface area contributed by atoms with Crippen LogP contribution in [0.2, 0.25) is 0 Å². The van der Waals surface area contributed by atoms with Gasteiger partial charge in [0.2, 0.25) is 5.88 Å². The first-order valence-electron chi connectivity index (χ1n) is 4.46. The van der Waals surface area contributed by atoms with E-state index in [0.29, 0.717) is 30.5 Å². The highest BCUT2D eigenvalue weighted by molar-refractivity contribution is 5.32. The van der Waals surface area contributed by atoms with Crippen molar-refractivity contribution in [3.8, 4) is 18.2 Å². The molecule has 0 aliphatic carbocycles. The Balaban J connectivity index is 2.67. The van der Waals surface area contributed by atoms with Crippen LogP contribution in [-0.2, 0) is 6.42 Å². The van der Waals surface area contributed by atoms with Gasteiger partial charge in [-0.1, -0.05) is 6.92 Å². The summed E-state index contributed by atoms with van der Waals surface area (Å²) in [7, 11) is 0. The van der Waals surface area contributed by atoms with Crippen molar-refractivity contribution in [2.45, 2.75) is 19.8 Å². The molecule has 14 heavy (non-hydrogen) atoms. The summed E-state index contributed by atoms with van der Waals surface area (Å²) in [6.07, 6.45) is 6.38. The number of rotatable bonds is 4. The smallest absolute Gasteiger partial charge is 0.218 e. The van der Waals surface area contributed by atoms with Crippen molar-refractivity contribution in [3.63, 3.8) is 0 Å². The average molecular weight is 191 g/mol. The van der Waals surface area contributed by atoms with E-state index in [1.165, 1.54) is 0 Å². The fourth-order valence-corrected chi connectivity index (χ4v) is 0.939. The van der Waals surface area contributed by atoms with Crippen LogP contribution >= 0.6 is 0 Å². The van der Waals surface area contributed by atoms with E-state index in [-0.39, 0.29) is 0 Å². The minimum absolute atomic E-state index is 0.424. The molecule has 0 spiro atoms. The number of anilines is 1. The number of ether oxygens (including phenoxy) is 1. The third-order valence-corrected chi connectivity index (χ3v) is 1.58. The van der Waals surface area contributed by atoms with E-state index < -0.39 is 0 Å². The van der Waals surface area contributed by atoms with Gasteiger partial charge in [0.1, 0.15) is 18.2 Å². The number of hydrogen-bond donors (Lipinski definition) is 1. The number of nitrogens with two attached hydrogens (primary N) is 1. The van der Waals surface area contributed by atoms with E-state index >= 15 is 0 Å². The maximum absolute atomic E-state index is 5.57. The van der Waals surface area contributed by atoms with E-state index in [0.717, 1.165) is 6.42 Å². The molecule has 0 bridgehead atoms. The highest BCUT2D eigenvalue weighted by Gasteiger charge is 2.01. The molecule has 1 aromatic heterocycles. The van der Waals surface area contributed by atoms with Crippen molar-refractivity contribution in [1.82, 2.24) is 9.97 Å². The molecule has 0 fully saturated rings. The second-order valence-electron chi connectivity index (χ2n) is 2.70. The van der Waals surface area contributed by atoms with Gasteiger partial charge in [0.05, 0.1) is 0 Å². The standard InChI is InChI=1S/C10H13N3O/c1-3-5-6-14-10-7-8(11)12-9(4-2)13-10/h1,7H,4-6H2,2H3,(H2,11,12,13). The van der Waals surface area contributed by atoms with Crippen molar-refractivity contribution in [3.05, 3.63) is 11.9 Å². The molecule has 1 heterocycles. The van der Waals surface area contributed by atoms with Crippen molar-refractivity contribution in [2.75, 3.05) is 12.3 Å². The third kappa shape index (κ3) is 2.94. The van der Waals surface area contributed by atoms with E-state index in [2.05, 4.69) is 15.9 Å². The minimum Gasteiger partial charge on any atom is -0.477 e. The van der Waals surface area contributed by atoms with Gasteiger partial charge in [0, 0.05) is 18.9 Å². The van der Waals surface area contributed by atoms with Gasteiger partial charge in [0.15, 0.2) is 0 Å². The summed E-state index contributed by atoms with van der Waals surface area (Å²) in [5.41, 5.74) is 5.57. The van der Waals surface area contributed by atoms with Crippen molar-refractivity contribution >= 4 is 5.82 Å². The fourth-order valence-electron chi connectivity index (χ4n) is 0.939. The second-order valence-corrected chi connectivity index (χ2v) is 2.70. The quantitative estimate of drug-likeness (QED) is 0.570. The Hall–Kier alpha value is -1.76. The number of hydrogen-bond acceptors (Lipinski definition) is 4. The third-order valence-electron chi connectivity index (χ3n) is 1.58. The molecule has 0 aliphatic heterocycles. The Morgan fingerprint density at radius 2 is 2.36 bits per heavy atom. The highest BCUT2D eigenvalue weighted by Crippen LogP contribution is 2.11. The lowest BCUT2D eigenvalue weighted by Crippen LogP contribution is -2.03. The summed E-state index contributed by atoms with van der Waals surface area (Å²) in [4.78, 5) is 8.17. The summed E-state index contributed by atoms with van der Waals surface area (Å²) in [5.74, 6) is 4.08. The predicted molar refractivity (Wildman–Crippen MR) is 54.8 cm³/mol. The number of nitrogen functional groups attached to an aromatic ring is 1. The van der Waals surface area contributed by atoms with Crippen molar-refractivity contribution in [1.29, 1.82) is 0 Å². The molecule has 0 radical (unpaired) electrons. The molecule has 1 aromatic rings. The first kappa shape index (κ1) is 10.3. The van der Waals surface area contributed by atoms with Gasteiger partial charge in [-0.2, -0.15) is 4.98 Å². The molecule has 1 rings (SSSR count). The molecular formula is C10H13N3O. The molecule has 0 saturated heterocycles. The van der Waals surface area contributed by atoms with Crippen molar-refractivity contribution < 1.29 is 4.74 Å². The van der Waals surface area contributed by atoms with Crippen LogP contribution in [0.3, 0.4) is 0 Å². The molecule has 74 valence electrons. The van der Waals surface area contributed by atoms with Gasteiger partial charge in [0.25, 0.3) is 0 Å². The Morgan fingerprint density at radius 1 is 1.57 bits per heavy atom. The van der Waals surface area contributed by atoms with E-state index in [1.54, 1.807) is 6.07 Å². The van der Waals surface area contributed by atoms with E-state index in [9.17, 15) is 0 Å². The number of nitrogens with zero attached hydrogens (tertiary/aromatic N) is 2. The van der Waals surface area contributed by atoms with Crippen LogP contribution in [0.4, 0.5) is 5.82 Å². The van der Waals surface area contributed by atoms with Gasteiger partial charge in [-0.3, -0.25) is 0 Å². The molecule has 0 aliphatic rings.